The number of carbonyl (C=O) groups is 5. The number of halogens is 2. The Labute approximate surface area is 291 Å². The zero-order chi connectivity index (χ0) is 34.9. The Morgan fingerprint density at radius 1 is 0.960 bits per heavy atom. The lowest BCUT2D eigenvalue weighted by atomic mass is 9.77. The quantitative estimate of drug-likeness (QED) is 0.328. The van der Waals surface area contributed by atoms with Crippen LogP contribution in [0.2, 0.25) is 0 Å². The average Bonchev–Trinajstić information content (AvgIpc) is 3.89. The zero-order valence-electron chi connectivity index (χ0n) is 27.3. The Hall–Kier alpha value is -4.72. The maximum absolute atomic E-state index is 14.6. The summed E-state index contributed by atoms with van der Waals surface area (Å²) in [6, 6.07) is 11.4. The lowest BCUT2D eigenvalue weighted by Crippen LogP contribution is -2.51. The Bertz CT molecular complexity index is 1770. The van der Waals surface area contributed by atoms with E-state index in [9.17, 15) is 32.8 Å². The van der Waals surface area contributed by atoms with E-state index in [0.717, 1.165) is 5.56 Å². The highest BCUT2D eigenvalue weighted by Crippen LogP contribution is 2.42. The van der Waals surface area contributed by atoms with Gasteiger partial charge in [0.2, 0.25) is 11.8 Å². The first kappa shape index (κ1) is 33.8. The zero-order valence-corrected chi connectivity index (χ0v) is 28.1. The van der Waals surface area contributed by atoms with Crippen LogP contribution in [0.15, 0.2) is 54.2 Å². The van der Waals surface area contributed by atoms with Crippen molar-refractivity contribution in [2.75, 3.05) is 32.7 Å². The minimum Gasteiger partial charge on any atom is -0.488 e. The van der Waals surface area contributed by atoms with E-state index in [-0.39, 0.29) is 42.1 Å². The van der Waals surface area contributed by atoms with Crippen LogP contribution in [0.5, 0.6) is 5.75 Å². The van der Waals surface area contributed by atoms with E-state index in [0.29, 0.717) is 67.8 Å². The first-order valence-corrected chi connectivity index (χ1v) is 17.9. The molecule has 0 spiro atoms. The Morgan fingerprint density at radius 3 is 2.40 bits per heavy atom. The standard InChI is InChI=1S/C36H37F2N5O6S/c37-30(38)17-40-32(44)23-7-1-2-8-24(23)33(45)42-15-12-21-6-5-11-28(49-22-13-14-41(18-22)36(48)29-16-39-20-50-29)31(21)27(42)19-43-34(46)25-9-3-4-10-26(25)35(43)47/h3-6,9-11,16,20,22-24,27,30H,1-2,7-8,12-15,17-19H2,(H,40,44)/t22-,23?,24?,27+/m0/s1. The fourth-order valence-corrected chi connectivity index (χ4v) is 8.39. The van der Waals surface area contributed by atoms with Crippen LogP contribution in [-0.2, 0) is 16.0 Å². The molecule has 4 aliphatic rings. The van der Waals surface area contributed by atoms with Crippen LogP contribution in [0.25, 0.3) is 0 Å². The van der Waals surface area contributed by atoms with Crippen LogP contribution in [0.4, 0.5) is 8.78 Å². The predicted molar refractivity (Wildman–Crippen MR) is 178 cm³/mol. The molecule has 2 unspecified atom stereocenters. The number of benzene rings is 2. The third-order valence-corrected chi connectivity index (χ3v) is 11.0. The number of fused-ring (bicyclic) bond motifs is 2. The summed E-state index contributed by atoms with van der Waals surface area (Å²) in [7, 11) is 0. The van der Waals surface area contributed by atoms with Crippen molar-refractivity contribution in [2.45, 2.75) is 57.1 Å². The Kier molecular flexibility index (Phi) is 9.63. The molecule has 1 aromatic heterocycles. The number of imide groups is 1. The van der Waals surface area contributed by atoms with E-state index in [4.69, 9.17) is 4.74 Å². The monoisotopic (exact) mass is 705 g/mol. The number of alkyl halides is 2. The number of nitrogens with zero attached hydrogens (tertiary/aromatic N) is 4. The van der Waals surface area contributed by atoms with Gasteiger partial charge in [-0.2, -0.15) is 0 Å². The molecule has 1 aliphatic carbocycles. The molecule has 1 N–H and O–H groups in total. The molecule has 1 saturated heterocycles. The van der Waals surface area contributed by atoms with Gasteiger partial charge in [-0.25, -0.2) is 8.78 Å². The van der Waals surface area contributed by atoms with Crippen LogP contribution < -0.4 is 10.1 Å². The third kappa shape index (κ3) is 6.48. The first-order chi connectivity index (χ1) is 24.2. The van der Waals surface area contributed by atoms with Gasteiger partial charge in [-0.15, -0.1) is 11.3 Å². The van der Waals surface area contributed by atoms with E-state index in [1.165, 1.54) is 16.2 Å². The Morgan fingerprint density at radius 2 is 1.70 bits per heavy atom. The Balaban J connectivity index is 1.20. The summed E-state index contributed by atoms with van der Waals surface area (Å²) in [5.74, 6) is -2.95. The lowest BCUT2D eigenvalue weighted by molar-refractivity contribution is -0.146. The van der Waals surface area contributed by atoms with Crippen LogP contribution >= 0.6 is 11.3 Å². The largest absolute Gasteiger partial charge is 0.488 e. The molecule has 3 aliphatic heterocycles. The summed E-state index contributed by atoms with van der Waals surface area (Å²) in [6.07, 6.45) is 1.74. The highest BCUT2D eigenvalue weighted by molar-refractivity contribution is 7.11. The van der Waals surface area contributed by atoms with Gasteiger partial charge in [0.15, 0.2) is 0 Å². The molecule has 0 bridgehead atoms. The van der Waals surface area contributed by atoms with Crippen molar-refractivity contribution >= 4 is 40.9 Å². The van der Waals surface area contributed by atoms with Gasteiger partial charge in [0.25, 0.3) is 24.1 Å². The highest BCUT2D eigenvalue weighted by atomic mass is 32.1. The molecule has 14 heteroatoms. The average molecular weight is 706 g/mol. The number of rotatable bonds is 9. The number of thiazole rings is 1. The maximum atomic E-state index is 14.6. The van der Waals surface area contributed by atoms with E-state index in [1.807, 2.05) is 12.1 Å². The van der Waals surface area contributed by atoms with E-state index >= 15 is 0 Å². The van der Waals surface area contributed by atoms with Gasteiger partial charge >= 0.3 is 0 Å². The topological polar surface area (TPSA) is 129 Å². The number of hydrogen-bond donors (Lipinski definition) is 1. The molecule has 50 heavy (non-hydrogen) atoms. The first-order valence-electron chi connectivity index (χ1n) is 17.0. The molecular weight excluding hydrogens is 668 g/mol. The smallest absolute Gasteiger partial charge is 0.265 e. The number of aromatic nitrogens is 1. The number of carbonyl (C=O) groups excluding carboxylic acids is 5. The second kappa shape index (κ2) is 14.3. The molecule has 5 amide bonds. The number of nitrogens with one attached hydrogen (secondary N) is 1. The third-order valence-electron chi connectivity index (χ3n) is 10.2. The van der Waals surface area contributed by atoms with E-state index in [1.54, 1.807) is 51.8 Å². The highest BCUT2D eigenvalue weighted by Gasteiger charge is 2.45. The maximum Gasteiger partial charge on any atom is 0.265 e. The minimum atomic E-state index is -2.71. The van der Waals surface area contributed by atoms with Crippen molar-refractivity contribution in [3.05, 3.63) is 81.3 Å². The van der Waals surface area contributed by atoms with Gasteiger partial charge in [0, 0.05) is 36.9 Å². The molecule has 0 radical (unpaired) electrons. The van der Waals surface area contributed by atoms with Crippen LogP contribution in [-0.4, -0.2) is 94.5 Å². The lowest BCUT2D eigenvalue weighted by Gasteiger charge is -2.43. The molecule has 4 atom stereocenters. The fraction of sp³-hybridized carbons (Fsp3) is 0.444. The van der Waals surface area contributed by atoms with Gasteiger partial charge in [-0.1, -0.05) is 37.1 Å². The molecule has 1 saturated carbocycles. The second-order valence-corrected chi connectivity index (χ2v) is 14.1. The number of amides is 5. The molecule has 3 aromatic rings. The fourth-order valence-electron chi connectivity index (χ4n) is 7.80. The molecule has 262 valence electrons. The summed E-state index contributed by atoms with van der Waals surface area (Å²) >= 11 is 1.27. The molecule has 2 fully saturated rings. The summed E-state index contributed by atoms with van der Waals surface area (Å²) in [5.41, 5.74) is 3.76. The normalized spacial score (nSPS) is 23.2. The molecule has 4 heterocycles. The van der Waals surface area contributed by atoms with Crippen molar-refractivity contribution in [3.63, 3.8) is 0 Å². The van der Waals surface area contributed by atoms with Crippen molar-refractivity contribution in [2.24, 2.45) is 11.8 Å². The number of hydrogen-bond acceptors (Lipinski definition) is 8. The van der Waals surface area contributed by atoms with E-state index < -0.39 is 48.6 Å². The number of ether oxygens (including phenoxy) is 1. The van der Waals surface area contributed by atoms with Crippen molar-refractivity contribution < 1.29 is 37.5 Å². The van der Waals surface area contributed by atoms with Crippen LogP contribution in [0.1, 0.15) is 79.7 Å². The SMILES string of the molecule is O=C(NCC(F)F)C1CCCCC1C(=O)N1CCc2cccc(O[C@H]3CCN(C(=O)c4cncs4)C3)c2[C@H]1CN1C(=O)c2ccccc2C1=O. The van der Waals surface area contributed by atoms with Gasteiger partial charge < -0.3 is 19.9 Å². The van der Waals surface area contributed by atoms with Crippen molar-refractivity contribution in [1.82, 2.24) is 25.0 Å². The molecule has 11 nitrogen and oxygen atoms in total. The van der Waals surface area contributed by atoms with E-state index in [2.05, 4.69) is 10.3 Å². The second-order valence-electron chi connectivity index (χ2n) is 13.2. The molecular formula is C36H37F2N5O6S. The van der Waals surface area contributed by atoms with Crippen LogP contribution in [0.3, 0.4) is 0 Å². The van der Waals surface area contributed by atoms with Gasteiger partial charge in [0.05, 0.1) is 48.5 Å². The van der Waals surface area contributed by atoms with Gasteiger partial charge in [-0.05, 0) is 43.0 Å². The number of likely N-dealkylation sites (tertiary alicyclic amines) is 1. The van der Waals surface area contributed by atoms with Crippen LogP contribution in [0, 0.1) is 11.8 Å². The summed E-state index contributed by atoms with van der Waals surface area (Å²) in [6.45, 7) is 0.192. The van der Waals surface area contributed by atoms with Crippen molar-refractivity contribution in [3.8, 4) is 5.75 Å². The molecule has 2 aromatic carbocycles. The minimum absolute atomic E-state index is 0.117. The summed E-state index contributed by atoms with van der Waals surface area (Å²) in [5, 5.41) is 2.31. The summed E-state index contributed by atoms with van der Waals surface area (Å²) < 4.78 is 32.6. The van der Waals surface area contributed by atoms with Gasteiger partial charge in [0.1, 0.15) is 16.7 Å². The molecule has 7 rings (SSSR count). The van der Waals surface area contributed by atoms with Crippen molar-refractivity contribution in [1.29, 1.82) is 0 Å². The van der Waals surface area contributed by atoms with Gasteiger partial charge in [-0.3, -0.25) is 33.9 Å². The predicted octanol–water partition coefficient (Wildman–Crippen LogP) is 4.35. The summed E-state index contributed by atoms with van der Waals surface area (Å²) in [4.78, 5) is 77.0.